The number of aromatic nitrogens is 4. The minimum Gasteiger partial charge on any atom is -0.373 e. The van der Waals surface area contributed by atoms with Gasteiger partial charge in [0.2, 0.25) is 0 Å². The SMILES string of the molecule is CC(c1nc(-c2ccccc2)nn1-c1ccccn1)N1C[C@@H](C)O[C@@H](C)C1. The van der Waals surface area contributed by atoms with Crippen LogP contribution in [0.1, 0.15) is 32.6 Å². The van der Waals surface area contributed by atoms with Crippen LogP contribution in [0, 0.1) is 0 Å². The van der Waals surface area contributed by atoms with Gasteiger partial charge in [-0.2, -0.15) is 4.68 Å². The van der Waals surface area contributed by atoms with Crippen molar-refractivity contribution in [3.8, 4) is 17.2 Å². The summed E-state index contributed by atoms with van der Waals surface area (Å²) in [6, 6.07) is 16.0. The largest absolute Gasteiger partial charge is 0.373 e. The topological polar surface area (TPSA) is 56.1 Å². The Kier molecular flexibility index (Phi) is 5.01. The normalized spacial score (nSPS) is 21.9. The van der Waals surface area contributed by atoms with Gasteiger partial charge in [0.25, 0.3) is 0 Å². The van der Waals surface area contributed by atoms with Crippen molar-refractivity contribution in [1.82, 2.24) is 24.6 Å². The van der Waals surface area contributed by atoms with E-state index in [4.69, 9.17) is 14.8 Å². The van der Waals surface area contributed by atoms with Crippen molar-refractivity contribution in [2.75, 3.05) is 13.1 Å². The van der Waals surface area contributed by atoms with Crippen molar-refractivity contribution < 1.29 is 4.74 Å². The molecule has 0 saturated carbocycles. The molecule has 6 nitrogen and oxygen atoms in total. The fourth-order valence-corrected chi connectivity index (χ4v) is 3.65. The molecular weight excluding hydrogens is 338 g/mol. The number of pyridine rings is 1. The van der Waals surface area contributed by atoms with Gasteiger partial charge in [0.05, 0.1) is 18.2 Å². The zero-order valence-electron chi connectivity index (χ0n) is 16.0. The molecule has 0 amide bonds. The molecule has 1 unspecified atom stereocenters. The molecule has 0 N–H and O–H groups in total. The van der Waals surface area contributed by atoms with Gasteiger partial charge < -0.3 is 4.74 Å². The Bertz CT molecular complexity index is 870. The molecule has 1 aliphatic rings. The van der Waals surface area contributed by atoms with Gasteiger partial charge in [-0.15, -0.1) is 5.10 Å². The first kappa shape index (κ1) is 17.8. The van der Waals surface area contributed by atoms with Crippen molar-refractivity contribution in [1.29, 1.82) is 0 Å². The number of benzene rings is 1. The lowest BCUT2D eigenvalue weighted by Crippen LogP contribution is -2.46. The Morgan fingerprint density at radius 1 is 1.00 bits per heavy atom. The highest BCUT2D eigenvalue weighted by Crippen LogP contribution is 2.27. The Morgan fingerprint density at radius 3 is 2.37 bits per heavy atom. The minimum absolute atomic E-state index is 0.103. The van der Waals surface area contributed by atoms with E-state index in [1.54, 1.807) is 6.20 Å². The van der Waals surface area contributed by atoms with Crippen LogP contribution in [-0.2, 0) is 4.74 Å². The van der Waals surface area contributed by atoms with Gasteiger partial charge in [0.15, 0.2) is 17.5 Å². The first-order chi connectivity index (χ1) is 13.1. The van der Waals surface area contributed by atoms with E-state index in [1.165, 1.54) is 0 Å². The maximum absolute atomic E-state index is 5.89. The third kappa shape index (κ3) is 3.77. The Labute approximate surface area is 159 Å². The van der Waals surface area contributed by atoms with Gasteiger partial charge in [-0.3, -0.25) is 4.90 Å². The number of rotatable bonds is 4. The zero-order valence-corrected chi connectivity index (χ0v) is 16.0. The van der Waals surface area contributed by atoms with E-state index in [0.29, 0.717) is 0 Å². The summed E-state index contributed by atoms with van der Waals surface area (Å²) in [6.45, 7) is 8.17. The van der Waals surface area contributed by atoms with Crippen molar-refractivity contribution in [3.05, 3.63) is 60.6 Å². The monoisotopic (exact) mass is 363 g/mol. The number of morpholine rings is 1. The zero-order chi connectivity index (χ0) is 18.8. The number of hydrogen-bond donors (Lipinski definition) is 0. The molecule has 0 bridgehead atoms. The summed E-state index contributed by atoms with van der Waals surface area (Å²) in [6.07, 6.45) is 2.19. The Hall–Kier alpha value is -2.57. The molecule has 1 fully saturated rings. The summed E-state index contributed by atoms with van der Waals surface area (Å²) in [7, 11) is 0. The molecule has 1 aromatic carbocycles. The lowest BCUT2D eigenvalue weighted by molar-refractivity contribution is -0.0800. The van der Waals surface area contributed by atoms with E-state index in [0.717, 1.165) is 36.1 Å². The van der Waals surface area contributed by atoms with E-state index in [9.17, 15) is 0 Å². The van der Waals surface area contributed by atoms with Gasteiger partial charge in [0, 0.05) is 24.8 Å². The van der Waals surface area contributed by atoms with Gasteiger partial charge >= 0.3 is 0 Å². The smallest absolute Gasteiger partial charge is 0.181 e. The first-order valence-corrected chi connectivity index (χ1v) is 9.45. The van der Waals surface area contributed by atoms with Crippen molar-refractivity contribution >= 4 is 0 Å². The molecule has 0 spiro atoms. The Morgan fingerprint density at radius 2 is 1.70 bits per heavy atom. The predicted octanol–water partition coefficient (Wildman–Crippen LogP) is 3.50. The van der Waals surface area contributed by atoms with E-state index in [1.807, 2.05) is 53.2 Å². The quantitative estimate of drug-likeness (QED) is 0.710. The van der Waals surface area contributed by atoms with Gasteiger partial charge in [-0.25, -0.2) is 9.97 Å². The minimum atomic E-state index is 0.103. The second kappa shape index (κ2) is 7.58. The molecule has 3 atom stereocenters. The molecule has 1 saturated heterocycles. The fraction of sp³-hybridized carbons (Fsp3) is 0.381. The molecule has 3 aromatic rings. The van der Waals surface area contributed by atoms with E-state index >= 15 is 0 Å². The molecule has 3 heterocycles. The second-order valence-corrected chi connectivity index (χ2v) is 7.15. The van der Waals surface area contributed by atoms with Crippen LogP contribution in [0.15, 0.2) is 54.7 Å². The summed E-state index contributed by atoms with van der Waals surface area (Å²) in [5.74, 6) is 2.40. The molecule has 2 aromatic heterocycles. The maximum atomic E-state index is 5.89. The maximum Gasteiger partial charge on any atom is 0.181 e. The van der Waals surface area contributed by atoms with Crippen LogP contribution in [0.5, 0.6) is 0 Å². The van der Waals surface area contributed by atoms with Gasteiger partial charge in [0.1, 0.15) is 0 Å². The number of hydrogen-bond acceptors (Lipinski definition) is 5. The summed E-state index contributed by atoms with van der Waals surface area (Å²) >= 11 is 0. The lowest BCUT2D eigenvalue weighted by atomic mass is 10.1. The standard InChI is InChI=1S/C21H25N5O/c1-15-13-25(14-16(2)27-15)17(3)21-23-20(18-9-5-4-6-10-18)24-26(21)19-11-7-8-12-22-19/h4-12,15-17H,13-14H2,1-3H3/t15-,16+,17?. The summed E-state index contributed by atoms with van der Waals surface area (Å²) < 4.78 is 7.77. The average molecular weight is 363 g/mol. The fourth-order valence-electron chi connectivity index (χ4n) is 3.65. The molecule has 0 aliphatic carbocycles. The van der Waals surface area contributed by atoms with Crippen LogP contribution < -0.4 is 0 Å². The number of ether oxygens (including phenoxy) is 1. The van der Waals surface area contributed by atoms with Crippen molar-refractivity contribution in [2.45, 2.75) is 39.0 Å². The predicted molar refractivity (Wildman–Crippen MR) is 105 cm³/mol. The molecule has 1 aliphatic heterocycles. The van der Waals surface area contributed by atoms with Gasteiger partial charge in [-0.05, 0) is 32.9 Å². The van der Waals surface area contributed by atoms with Crippen LogP contribution in [0.3, 0.4) is 0 Å². The van der Waals surface area contributed by atoms with Crippen LogP contribution in [0.25, 0.3) is 17.2 Å². The number of nitrogens with zero attached hydrogens (tertiary/aromatic N) is 5. The van der Waals surface area contributed by atoms with Crippen LogP contribution in [0.2, 0.25) is 0 Å². The van der Waals surface area contributed by atoms with Crippen molar-refractivity contribution in [2.24, 2.45) is 0 Å². The van der Waals surface area contributed by atoms with E-state index < -0.39 is 0 Å². The third-order valence-corrected chi connectivity index (χ3v) is 4.90. The summed E-state index contributed by atoms with van der Waals surface area (Å²) in [5, 5.41) is 4.79. The van der Waals surface area contributed by atoms with Crippen molar-refractivity contribution in [3.63, 3.8) is 0 Å². The highest BCUT2D eigenvalue weighted by Gasteiger charge is 2.30. The molecule has 27 heavy (non-hydrogen) atoms. The van der Waals surface area contributed by atoms with Crippen LogP contribution in [-0.4, -0.2) is 49.9 Å². The third-order valence-electron chi connectivity index (χ3n) is 4.90. The van der Waals surface area contributed by atoms with Crippen LogP contribution >= 0.6 is 0 Å². The lowest BCUT2D eigenvalue weighted by Gasteiger charge is -2.38. The molecule has 6 heteroatoms. The van der Waals surface area contributed by atoms with E-state index in [2.05, 4.69) is 30.7 Å². The van der Waals surface area contributed by atoms with E-state index in [-0.39, 0.29) is 18.2 Å². The summed E-state index contributed by atoms with van der Waals surface area (Å²) in [5.41, 5.74) is 1.00. The van der Waals surface area contributed by atoms with Gasteiger partial charge in [-0.1, -0.05) is 36.4 Å². The van der Waals surface area contributed by atoms with Crippen LogP contribution in [0.4, 0.5) is 0 Å². The highest BCUT2D eigenvalue weighted by atomic mass is 16.5. The molecule has 4 rings (SSSR count). The highest BCUT2D eigenvalue weighted by molar-refractivity contribution is 5.54. The molecular formula is C21H25N5O. The average Bonchev–Trinajstić information content (AvgIpc) is 3.13. The molecule has 0 radical (unpaired) electrons. The summed E-state index contributed by atoms with van der Waals surface area (Å²) in [4.78, 5) is 11.8. The Balaban J connectivity index is 1.75. The molecule has 140 valence electrons. The first-order valence-electron chi connectivity index (χ1n) is 9.45. The second-order valence-electron chi connectivity index (χ2n) is 7.15.